The highest BCUT2D eigenvalue weighted by atomic mass is 16.5. The highest BCUT2D eigenvalue weighted by Gasteiger charge is 2.35. The number of aliphatic hydroxyl groups excluding tert-OH is 2. The van der Waals surface area contributed by atoms with E-state index < -0.39 is 24.3 Å². The number of rotatable bonds is 2. The molecule has 0 aromatic rings. The molecule has 6 nitrogen and oxygen atoms in total. The van der Waals surface area contributed by atoms with Crippen molar-refractivity contribution < 1.29 is 29.3 Å². The Bertz CT molecular complexity index is 512. The Morgan fingerprint density at radius 2 is 1.92 bits per heavy atom. The van der Waals surface area contributed by atoms with Crippen molar-refractivity contribution in [1.82, 2.24) is 0 Å². The van der Waals surface area contributed by atoms with Gasteiger partial charge in [-0.3, -0.25) is 9.59 Å². The number of aliphatic hydroxyl groups is 2. The molecule has 0 saturated heterocycles. The molecule has 6 heteroatoms. The fourth-order valence-electron chi connectivity index (χ4n) is 3.18. The van der Waals surface area contributed by atoms with Gasteiger partial charge in [-0.1, -0.05) is 38.5 Å². The van der Waals surface area contributed by atoms with Crippen LogP contribution < -0.4 is 0 Å². The summed E-state index contributed by atoms with van der Waals surface area (Å²) in [4.78, 5) is 24.3. The van der Waals surface area contributed by atoms with Gasteiger partial charge in [-0.05, 0) is 25.3 Å². The first-order chi connectivity index (χ1) is 12.3. The molecule has 0 amide bonds. The average Bonchev–Trinajstić information content (AvgIpc) is 2.58. The Balaban J connectivity index is 3.04. The summed E-state index contributed by atoms with van der Waals surface area (Å²) in [5.74, 6) is -1.04. The van der Waals surface area contributed by atoms with Crippen LogP contribution in [0.3, 0.4) is 0 Å². The quantitative estimate of drug-likeness (QED) is 0.726. The highest BCUT2D eigenvalue weighted by Crippen LogP contribution is 2.25. The van der Waals surface area contributed by atoms with Crippen molar-refractivity contribution in [3.05, 3.63) is 24.3 Å². The largest absolute Gasteiger partial charge is 0.462 e. The monoisotopic (exact) mass is 368 g/mol. The first-order valence-corrected chi connectivity index (χ1v) is 9.25. The van der Waals surface area contributed by atoms with Crippen molar-refractivity contribution in [2.45, 2.75) is 70.9 Å². The molecule has 148 valence electrons. The fraction of sp³-hybridized carbons (Fsp3) is 0.700. The Labute approximate surface area is 155 Å². The number of ether oxygens (including phenoxy) is 2. The number of hydrogen-bond acceptors (Lipinski definition) is 6. The predicted molar refractivity (Wildman–Crippen MR) is 98.4 cm³/mol. The lowest BCUT2D eigenvalue weighted by Crippen LogP contribution is -2.45. The molecule has 0 unspecified atom stereocenters. The van der Waals surface area contributed by atoms with Crippen molar-refractivity contribution >= 4 is 11.8 Å². The smallest absolute Gasteiger partial charge is 0.308 e. The standard InChI is InChI=1S/C20H32O6/c1-5-15-11-13(2)16(21)10-8-6-7-9-14(3)26-18(23)12-17(22)20(25-4)19(15)24/h6-8,10,13-15,17,19-20,22,24H,5,9,11-12H2,1-4H3/b7-6+,10-8+/t13-,14+,15+,17+,19-,20-/m0/s1. The Morgan fingerprint density at radius 1 is 1.23 bits per heavy atom. The average molecular weight is 368 g/mol. The minimum Gasteiger partial charge on any atom is -0.462 e. The van der Waals surface area contributed by atoms with Gasteiger partial charge in [0, 0.05) is 19.4 Å². The van der Waals surface area contributed by atoms with Crippen molar-refractivity contribution in [2.75, 3.05) is 7.11 Å². The van der Waals surface area contributed by atoms with Gasteiger partial charge in [0.1, 0.15) is 12.2 Å². The molecule has 1 aliphatic heterocycles. The Morgan fingerprint density at radius 3 is 2.54 bits per heavy atom. The zero-order chi connectivity index (χ0) is 19.7. The molecule has 1 heterocycles. The minimum atomic E-state index is -1.18. The molecule has 6 atom stereocenters. The number of methoxy groups -OCH3 is 1. The fourth-order valence-corrected chi connectivity index (χ4v) is 3.18. The van der Waals surface area contributed by atoms with Gasteiger partial charge < -0.3 is 19.7 Å². The molecule has 0 aromatic heterocycles. The maximum Gasteiger partial charge on any atom is 0.308 e. The normalized spacial score (nSPS) is 37.8. The molecule has 0 aromatic carbocycles. The lowest BCUT2D eigenvalue weighted by Gasteiger charge is -2.32. The van der Waals surface area contributed by atoms with Gasteiger partial charge in [0.05, 0.1) is 18.6 Å². The molecule has 0 spiro atoms. The van der Waals surface area contributed by atoms with Gasteiger partial charge in [0.2, 0.25) is 0 Å². The predicted octanol–water partition coefficient (Wildman–Crippen LogP) is 2.18. The third kappa shape index (κ3) is 7.02. The van der Waals surface area contributed by atoms with Gasteiger partial charge in [-0.15, -0.1) is 0 Å². The lowest BCUT2D eigenvalue weighted by atomic mass is 9.83. The summed E-state index contributed by atoms with van der Waals surface area (Å²) in [6.45, 7) is 5.49. The molecule has 1 rings (SSSR count). The molecule has 0 bridgehead atoms. The summed E-state index contributed by atoms with van der Waals surface area (Å²) in [6, 6.07) is 0. The summed E-state index contributed by atoms with van der Waals surface area (Å²) in [6.07, 6.45) is 4.67. The summed E-state index contributed by atoms with van der Waals surface area (Å²) in [5.41, 5.74) is 0. The van der Waals surface area contributed by atoms with Gasteiger partial charge in [0.25, 0.3) is 0 Å². The van der Waals surface area contributed by atoms with Gasteiger partial charge in [-0.25, -0.2) is 0 Å². The van der Waals surface area contributed by atoms with Crippen LogP contribution in [0.15, 0.2) is 24.3 Å². The second-order valence-electron chi connectivity index (χ2n) is 6.99. The zero-order valence-corrected chi connectivity index (χ0v) is 16.1. The second-order valence-corrected chi connectivity index (χ2v) is 6.99. The maximum atomic E-state index is 12.2. The van der Waals surface area contributed by atoms with Crippen LogP contribution in [0.5, 0.6) is 0 Å². The van der Waals surface area contributed by atoms with Crippen molar-refractivity contribution in [2.24, 2.45) is 11.8 Å². The molecular formula is C20H32O6. The molecule has 2 N–H and O–H groups in total. The zero-order valence-electron chi connectivity index (χ0n) is 16.1. The van der Waals surface area contributed by atoms with Crippen molar-refractivity contribution in [3.63, 3.8) is 0 Å². The van der Waals surface area contributed by atoms with E-state index in [-0.39, 0.29) is 30.1 Å². The van der Waals surface area contributed by atoms with Crippen LogP contribution in [0.1, 0.15) is 46.5 Å². The van der Waals surface area contributed by atoms with Crippen LogP contribution in [-0.4, -0.2) is 53.5 Å². The van der Waals surface area contributed by atoms with E-state index in [1.807, 2.05) is 19.9 Å². The Kier molecular flexibility index (Phi) is 9.76. The first-order valence-electron chi connectivity index (χ1n) is 9.25. The number of carbonyl (C=O) groups is 2. The maximum absolute atomic E-state index is 12.2. The molecule has 0 radical (unpaired) electrons. The third-order valence-electron chi connectivity index (χ3n) is 4.82. The molecule has 0 saturated carbocycles. The minimum absolute atomic E-state index is 0.0126. The van der Waals surface area contributed by atoms with Crippen LogP contribution in [0.2, 0.25) is 0 Å². The van der Waals surface area contributed by atoms with Crippen LogP contribution in [0.4, 0.5) is 0 Å². The van der Waals surface area contributed by atoms with Gasteiger partial charge >= 0.3 is 5.97 Å². The SMILES string of the molecule is CC[C@@H]1C[C@H](C)C(=O)/C=C/C=C/C[C@@H](C)OC(=O)C[C@@H](O)[C@H](OC)[C@H]1O. The number of ketones is 1. The third-order valence-corrected chi connectivity index (χ3v) is 4.82. The molecule has 0 fully saturated rings. The van der Waals surface area contributed by atoms with Crippen LogP contribution in [-0.2, 0) is 19.1 Å². The molecule has 0 aliphatic carbocycles. The molecule has 1 aliphatic rings. The van der Waals surface area contributed by atoms with Gasteiger partial charge in [-0.2, -0.15) is 0 Å². The summed E-state index contributed by atoms with van der Waals surface area (Å²) >= 11 is 0. The van der Waals surface area contributed by atoms with E-state index >= 15 is 0 Å². The highest BCUT2D eigenvalue weighted by molar-refractivity contribution is 5.91. The van der Waals surface area contributed by atoms with E-state index in [9.17, 15) is 19.8 Å². The van der Waals surface area contributed by atoms with E-state index in [1.54, 1.807) is 19.1 Å². The van der Waals surface area contributed by atoms with Crippen LogP contribution in [0, 0.1) is 11.8 Å². The summed E-state index contributed by atoms with van der Waals surface area (Å²) in [7, 11) is 1.39. The number of cyclic esters (lactones) is 1. The van der Waals surface area contributed by atoms with E-state index in [4.69, 9.17) is 9.47 Å². The topological polar surface area (TPSA) is 93.1 Å². The summed E-state index contributed by atoms with van der Waals surface area (Å²) in [5, 5.41) is 21.0. The van der Waals surface area contributed by atoms with Gasteiger partial charge in [0.15, 0.2) is 5.78 Å². The number of hydrogen-bond donors (Lipinski definition) is 2. The molecular weight excluding hydrogens is 336 g/mol. The lowest BCUT2D eigenvalue weighted by molar-refractivity contribution is -0.156. The van der Waals surface area contributed by atoms with Crippen LogP contribution >= 0.6 is 0 Å². The number of esters is 1. The van der Waals surface area contributed by atoms with Crippen LogP contribution in [0.25, 0.3) is 0 Å². The van der Waals surface area contributed by atoms with E-state index in [0.29, 0.717) is 19.3 Å². The second kappa shape index (κ2) is 11.3. The Hall–Kier alpha value is -1.50. The van der Waals surface area contributed by atoms with E-state index in [1.165, 1.54) is 13.2 Å². The van der Waals surface area contributed by atoms with E-state index in [2.05, 4.69) is 0 Å². The van der Waals surface area contributed by atoms with E-state index in [0.717, 1.165) is 0 Å². The first kappa shape index (κ1) is 22.5. The number of carbonyl (C=O) groups excluding carboxylic acids is 2. The van der Waals surface area contributed by atoms with Crippen molar-refractivity contribution in [3.8, 4) is 0 Å². The summed E-state index contributed by atoms with van der Waals surface area (Å²) < 4.78 is 10.5. The number of allylic oxidation sites excluding steroid dienone is 3. The van der Waals surface area contributed by atoms with Crippen molar-refractivity contribution in [1.29, 1.82) is 0 Å². The molecule has 26 heavy (non-hydrogen) atoms.